The zero-order valence-corrected chi connectivity index (χ0v) is 11.4. The number of carbonyl (C=O) groups is 1. The summed E-state index contributed by atoms with van der Waals surface area (Å²) in [6.45, 7) is -0.215. The van der Waals surface area contributed by atoms with E-state index in [1.165, 1.54) is 6.33 Å². The Morgan fingerprint density at radius 3 is 3.00 bits per heavy atom. The van der Waals surface area contributed by atoms with E-state index in [2.05, 4.69) is 15.2 Å². The third-order valence-corrected chi connectivity index (χ3v) is 3.17. The molecule has 0 saturated carbocycles. The summed E-state index contributed by atoms with van der Waals surface area (Å²) in [6, 6.07) is -0.315. The summed E-state index contributed by atoms with van der Waals surface area (Å²) in [5, 5.41) is 6.42. The molecular weight excluding hydrogens is 291 g/mol. The molecule has 1 aromatic rings. The standard InChI is InChI=1S/C11H16F3N5O2/c1-18(6-11(12,13)14)9(20)4-19-2-3-21-5-8(19)10-15-7-16-17-10/h7-8H,2-6H2,1H3,(H,15,16,17). The average molecular weight is 307 g/mol. The van der Waals surface area contributed by atoms with Gasteiger partial charge < -0.3 is 9.64 Å². The molecule has 1 atom stereocenters. The van der Waals surface area contributed by atoms with Gasteiger partial charge in [0.05, 0.1) is 25.8 Å². The van der Waals surface area contributed by atoms with Crippen molar-refractivity contribution in [3.8, 4) is 0 Å². The highest BCUT2D eigenvalue weighted by atomic mass is 19.4. The molecule has 2 rings (SSSR count). The van der Waals surface area contributed by atoms with Crippen molar-refractivity contribution in [3.05, 3.63) is 12.2 Å². The third-order valence-electron chi connectivity index (χ3n) is 3.17. The Labute approximate surface area is 119 Å². The zero-order valence-electron chi connectivity index (χ0n) is 11.4. The summed E-state index contributed by atoms with van der Waals surface area (Å²) < 4.78 is 42.2. The fourth-order valence-corrected chi connectivity index (χ4v) is 2.11. The van der Waals surface area contributed by atoms with Crippen molar-refractivity contribution in [2.75, 3.05) is 39.9 Å². The van der Waals surface area contributed by atoms with Crippen LogP contribution >= 0.6 is 0 Å². The van der Waals surface area contributed by atoms with E-state index in [0.29, 0.717) is 30.5 Å². The molecule has 1 aromatic heterocycles. The molecule has 10 heteroatoms. The maximum absolute atomic E-state index is 12.3. The van der Waals surface area contributed by atoms with Crippen LogP contribution in [0, 0.1) is 0 Å². The fourth-order valence-electron chi connectivity index (χ4n) is 2.11. The second kappa shape index (κ2) is 6.39. The van der Waals surface area contributed by atoms with Crippen molar-refractivity contribution >= 4 is 5.91 Å². The number of alkyl halides is 3. The predicted octanol–water partition coefficient (Wildman–Crippen LogP) is 0.199. The fraction of sp³-hybridized carbons (Fsp3) is 0.727. The van der Waals surface area contributed by atoms with Crippen LogP contribution in [-0.4, -0.2) is 77.0 Å². The van der Waals surface area contributed by atoms with Gasteiger partial charge in [0.1, 0.15) is 18.7 Å². The summed E-state index contributed by atoms with van der Waals surface area (Å²) in [5.41, 5.74) is 0. The lowest BCUT2D eigenvalue weighted by Gasteiger charge is -2.34. The number of likely N-dealkylation sites (N-methyl/N-ethyl adjacent to an activating group) is 1. The van der Waals surface area contributed by atoms with Gasteiger partial charge in [-0.05, 0) is 0 Å². The summed E-state index contributed by atoms with van der Waals surface area (Å²) >= 11 is 0. The minimum absolute atomic E-state index is 0.124. The van der Waals surface area contributed by atoms with Gasteiger partial charge in [-0.15, -0.1) is 0 Å². The smallest absolute Gasteiger partial charge is 0.378 e. The number of halogens is 3. The van der Waals surface area contributed by atoms with E-state index in [4.69, 9.17) is 4.74 Å². The second-order valence-corrected chi connectivity index (χ2v) is 4.80. The van der Waals surface area contributed by atoms with Crippen molar-refractivity contribution in [1.29, 1.82) is 0 Å². The Morgan fingerprint density at radius 1 is 1.62 bits per heavy atom. The van der Waals surface area contributed by atoms with E-state index in [1.54, 1.807) is 4.90 Å². The normalized spacial score (nSPS) is 20.5. The molecule has 0 aliphatic carbocycles. The molecular formula is C11H16F3N5O2. The predicted molar refractivity (Wildman–Crippen MR) is 65.2 cm³/mol. The van der Waals surface area contributed by atoms with Gasteiger partial charge in [0.25, 0.3) is 0 Å². The minimum Gasteiger partial charge on any atom is -0.378 e. The van der Waals surface area contributed by atoms with Gasteiger partial charge in [0.15, 0.2) is 0 Å². The highest BCUT2D eigenvalue weighted by molar-refractivity contribution is 5.78. The van der Waals surface area contributed by atoms with Crippen LogP contribution in [0.2, 0.25) is 0 Å². The molecule has 7 nitrogen and oxygen atoms in total. The Kier molecular flexibility index (Phi) is 4.78. The van der Waals surface area contributed by atoms with E-state index in [1.807, 2.05) is 0 Å². The molecule has 1 aliphatic heterocycles. The molecule has 1 N–H and O–H groups in total. The van der Waals surface area contributed by atoms with Crippen LogP contribution in [0.15, 0.2) is 6.33 Å². The first-order valence-electron chi connectivity index (χ1n) is 6.34. The summed E-state index contributed by atoms with van der Waals surface area (Å²) in [6.07, 6.45) is -3.07. The molecule has 0 aromatic carbocycles. The number of hydrogen-bond acceptors (Lipinski definition) is 5. The Morgan fingerprint density at radius 2 is 2.38 bits per heavy atom. The maximum atomic E-state index is 12.3. The van der Waals surface area contributed by atoms with Crippen molar-refractivity contribution in [3.63, 3.8) is 0 Å². The van der Waals surface area contributed by atoms with E-state index < -0.39 is 18.6 Å². The number of amides is 1. The van der Waals surface area contributed by atoms with Crippen molar-refractivity contribution < 1.29 is 22.7 Å². The molecule has 1 amide bonds. The molecule has 1 fully saturated rings. The van der Waals surface area contributed by atoms with Crippen LogP contribution in [0.1, 0.15) is 11.9 Å². The van der Waals surface area contributed by atoms with Crippen molar-refractivity contribution in [2.45, 2.75) is 12.2 Å². The lowest BCUT2D eigenvalue weighted by atomic mass is 10.2. The molecule has 1 aliphatic rings. The van der Waals surface area contributed by atoms with Gasteiger partial charge in [-0.1, -0.05) is 0 Å². The SMILES string of the molecule is CN(CC(F)(F)F)C(=O)CN1CCOCC1c1ncn[nH]1. The van der Waals surface area contributed by atoms with Gasteiger partial charge in [-0.3, -0.25) is 14.8 Å². The molecule has 0 bridgehead atoms. The average Bonchev–Trinajstić information content (AvgIpc) is 2.91. The van der Waals surface area contributed by atoms with Gasteiger partial charge in [-0.25, -0.2) is 4.98 Å². The lowest BCUT2D eigenvalue weighted by Crippen LogP contribution is -2.47. The van der Waals surface area contributed by atoms with E-state index >= 15 is 0 Å². The van der Waals surface area contributed by atoms with Crippen LogP contribution in [0.25, 0.3) is 0 Å². The van der Waals surface area contributed by atoms with Gasteiger partial charge in [0, 0.05) is 13.6 Å². The number of nitrogens with one attached hydrogen (secondary N) is 1. The molecule has 1 unspecified atom stereocenters. The number of ether oxygens (including phenoxy) is 1. The number of carbonyl (C=O) groups excluding carboxylic acids is 1. The summed E-state index contributed by atoms with van der Waals surface area (Å²) in [5.74, 6) is -0.0697. The second-order valence-electron chi connectivity index (χ2n) is 4.80. The number of H-pyrrole nitrogens is 1. The summed E-state index contributed by atoms with van der Waals surface area (Å²) in [7, 11) is 1.14. The zero-order chi connectivity index (χ0) is 15.5. The molecule has 21 heavy (non-hydrogen) atoms. The molecule has 118 valence electrons. The topological polar surface area (TPSA) is 74.3 Å². The number of nitrogens with zero attached hydrogens (tertiary/aromatic N) is 4. The third kappa shape index (κ3) is 4.39. The van der Waals surface area contributed by atoms with E-state index in [9.17, 15) is 18.0 Å². The molecule has 0 radical (unpaired) electrons. The Balaban J connectivity index is 1.97. The number of hydrogen-bond donors (Lipinski definition) is 1. The Bertz CT molecular complexity index is 465. The number of morpholine rings is 1. The first-order chi connectivity index (χ1) is 9.87. The monoisotopic (exact) mass is 307 g/mol. The number of rotatable bonds is 4. The highest BCUT2D eigenvalue weighted by Crippen LogP contribution is 2.21. The first-order valence-corrected chi connectivity index (χ1v) is 6.34. The van der Waals surface area contributed by atoms with Crippen LogP contribution in [0.5, 0.6) is 0 Å². The van der Waals surface area contributed by atoms with Crippen molar-refractivity contribution in [2.24, 2.45) is 0 Å². The maximum Gasteiger partial charge on any atom is 0.406 e. The quantitative estimate of drug-likeness (QED) is 0.860. The summed E-state index contributed by atoms with van der Waals surface area (Å²) in [4.78, 5) is 18.3. The first kappa shape index (κ1) is 15.7. The van der Waals surface area contributed by atoms with Gasteiger partial charge >= 0.3 is 6.18 Å². The number of aromatic nitrogens is 3. The van der Waals surface area contributed by atoms with Crippen LogP contribution in [0.3, 0.4) is 0 Å². The largest absolute Gasteiger partial charge is 0.406 e. The minimum atomic E-state index is -4.40. The Hall–Kier alpha value is -1.68. The lowest BCUT2D eigenvalue weighted by molar-refractivity contribution is -0.160. The molecule has 2 heterocycles. The van der Waals surface area contributed by atoms with Gasteiger partial charge in [-0.2, -0.15) is 18.3 Å². The van der Waals surface area contributed by atoms with Crippen LogP contribution in [-0.2, 0) is 9.53 Å². The highest BCUT2D eigenvalue weighted by Gasteiger charge is 2.33. The molecule has 1 saturated heterocycles. The molecule has 0 spiro atoms. The number of aromatic amines is 1. The van der Waals surface area contributed by atoms with Gasteiger partial charge in [0.2, 0.25) is 5.91 Å². The van der Waals surface area contributed by atoms with Crippen LogP contribution < -0.4 is 0 Å². The van der Waals surface area contributed by atoms with E-state index in [0.717, 1.165) is 7.05 Å². The van der Waals surface area contributed by atoms with Crippen molar-refractivity contribution in [1.82, 2.24) is 25.0 Å². The van der Waals surface area contributed by atoms with E-state index in [-0.39, 0.29) is 12.6 Å². The van der Waals surface area contributed by atoms with Crippen LogP contribution in [0.4, 0.5) is 13.2 Å².